The van der Waals surface area contributed by atoms with Gasteiger partial charge in [-0.25, -0.2) is 0 Å². The Morgan fingerprint density at radius 2 is 1.78 bits per heavy atom. The first-order chi connectivity index (χ1) is 13.2. The second-order valence-corrected chi connectivity index (χ2v) is 8.17. The molecule has 2 heteroatoms. The maximum Gasteiger partial charge on any atom is 0.127 e. The van der Waals surface area contributed by atoms with Gasteiger partial charge in [0.15, 0.2) is 0 Å². The smallest absolute Gasteiger partial charge is 0.127 e. The van der Waals surface area contributed by atoms with E-state index in [9.17, 15) is 0 Å². The van der Waals surface area contributed by atoms with E-state index in [1.165, 1.54) is 55.2 Å². The van der Waals surface area contributed by atoms with Crippen molar-refractivity contribution in [3.8, 4) is 16.9 Å². The van der Waals surface area contributed by atoms with Crippen molar-refractivity contribution in [2.24, 2.45) is 11.8 Å². The lowest BCUT2D eigenvalue weighted by atomic mass is 9.72. The van der Waals surface area contributed by atoms with Crippen molar-refractivity contribution >= 4 is 0 Å². The number of para-hydroxylation sites is 1. The molecular formula is C25H35NO. The van der Waals surface area contributed by atoms with Gasteiger partial charge in [-0.1, -0.05) is 64.7 Å². The second-order valence-electron chi connectivity index (χ2n) is 8.17. The zero-order chi connectivity index (χ0) is 19.1. The minimum absolute atomic E-state index is 0.538. The van der Waals surface area contributed by atoms with Crippen molar-refractivity contribution in [1.29, 1.82) is 0 Å². The van der Waals surface area contributed by atoms with Gasteiger partial charge >= 0.3 is 0 Å². The molecule has 0 bridgehead atoms. The van der Waals surface area contributed by atoms with Crippen LogP contribution < -0.4 is 4.74 Å². The quantitative estimate of drug-likeness (QED) is 0.491. The van der Waals surface area contributed by atoms with E-state index in [0.717, 1.165) is 30.6 Å². The van der Waals surface area contributed by atoms with Gasteiger partial charge < -0.3 is 4.74 Å². The molecule has 1 fully saturated rings. The lowest BCUT2D eigenvalue weighted by molar-refractivity contribution is 0.239. The molecule has 1 saturated carbocycles. The maximum absolute atomic E-state index is 6.04. The predicted octanol–water partition coefficient (Wildman–Crippen LogP) is 7.25. The Labute approximate surface area is 165 Å². The van der Waals surface area contributed by atoms with Crippen molar-refractivity contribution in [3.05, 3.63) is 48.3 Å². The standard InChI is InChI=1S/C25H35NO/c1-4-8-20-11-13-21(14-12-20)19(3)24-18-26-16-15-22(24)23-9-6-7-10-25(23)27-17-5-2/h6-7,9-10,15-16,18-21H,4-5,8,11-14,17H2,1-3H3. The summed E-state index contributed by atoms with van der Waals surface area (Å²) in [7, 11) is 0. The fraction of sp³-hybridized carbons (Fsp3) is 0.560. The molecule has 3 rings (SSSR count). The zero-order valence-electron chi connectivity index (χ0n) is 17.3. The second kappa shape index (κ2) is 9.92. The molecule has 0 radical (unpaired) electrons. The number of ether oxygens (including phenoxy) is 1. The van der Waals surface area contributed by atoms with Crippen LogP contribution in [0.25, 0.3) is 11.1 Å². The zero-order valence-corrected chi connectivity index (χ0v) is 17.3. The van der Waals surface area contributed by atoms with Crippen LogP contribution in [0.2, 0.25) is 0 Å². The number of nitrogens with zero attached hydrogens (tertiary/aromatic N) is 1. The molecule has 2 aromatic rings. The third kappa shape index (κ3) is 4.91. The van der Waals surface area contributed by atoms with E-state index in [-0.39, 0.29) is 0 Å². The van der Waals surface area contributed by atoms with Gasteiger partial charge in [0.2, 0.25) is 0 Å². The molecule has 2 nitrogen and oxygen atoms in total. The summed E-state index contributed by atoms with van der Waals surface area (Å²) in [5.74, 6) is 3.25. The average Bonchev–Trinajstić information content (AvgIpc) is 2.73. The summed E-state index contributed by atoms with van der Waals surface area (Å²) in [5, 5.41) is 0. The van der Waals surface area contributed by atoms with Gasteiger partial charge in [-0.05, 0) is 60.3 Å². The monoisotopic (exact) mass is 365 g/mol. The summed E-state index contributed by atoms with van der Waals surface area (Å²) in [6.45, 7) is 7.63. The van der Waals surface area contributed by atoms with Crippen molar-refractivity contribution in [2.45, 2.75) is 71.6 Å². The summed E-state index contributed by atoms with van der Waals surface area (Å²) < 4.78 is 6.04. The van der Waals surface area contributed by atoms with Crippen LogP contribution in [0.5, 0.6) is 5.75 Å². The highest BCUT2D eigenvalue weighted by Crippen LogP contribution is 2.43. The summed E-state index contributed by atoms with van der Waals surface area (Å²) in [6.07, 6.45) is 13.3. The highest BCUT2D eigenvalue weighted by atomic mass is 16.5. The molecule has 0 aliphatic heterocycles. The largest absolute Gasteiger partial charge is 0.493 e. The molecule has 1 aliphatic carbocycles. The lowest BCUT2D eigenvalue weighted by Crippen LogP contribution is -2.19. The van der Waals surface area contributed by atoms with Crippen LogP contribution >= 0.6 is 0 Å². The molecule has 0 saturated heterocycles. The molecular weight excluding hydrogens is 330 g/mol. The lowest BCUT2D eigenvalue weighted by Gasteiger charge is -2.33. The van der Waals surface area contributed by atoms with E-state index in [1.807, 2.05) is 6.20 Å². The van der Waals surface area contributed by atoms with E-state index in [2.05, 4.69) is 62.3 Å². The van der Waals surface area contributed by atoms with Crippen molar-refractivity contribution in [2.75, 3.05) is 6.61 Å². The number of aromatic nitrogens is 1. The molecule has 0 N–H and O–H groups in total. The average molecular weight is 366 g/mol. The normalized spacial score (nSPS) is 21.0. The Morgan fingerprint density at radius 3 is 2.52 bits per heavy atom. The summed E-state index contributed by atoms with van der Waals surface area (Å²) in [4.78, 5) is 4.48. The van der Waals surface area contributed by atoms with Gasteiger partial charge in [-0.3, -0.25) is 4.98 Å². The fourth-order valence-corrected chi connectivity index (χ4v) is 4.68. The molecule has 0 spiro atoms. The topological polar surface area (TPSA) is 22.1 Å². The molecule has 146 valence electrons. The highest BCUT2D eigenvalue weighted by molar-refractivity contribution is 5.73. The van der Waals surface area contributed by atoms with Gasteiger partial charge in [-0.2, -0.15) is 0 Å². The fourth-order valence-electron chi connectivity index (χ4n) is 4.68. The van der Waals surface area contributed by atoms with E-state index in [0.29, 0.717) is 5.92 Å². The van der Waals surface area contributed by atoms with Crippen LogP contribution in [0.1, 0.15) is 77.2 Å². The minimum atomic E-state index is 0.538. The molecule has 1 unspecified atom stereocenters. The number of rotatable bonds is 8. The van der Waals surface area contributed by atoms with Crippen LogP contribution in [0.15, 0.2) is 42.7 Å². The molecule has 0 amide bonds. The van der Waals surface area contributed by atoms with Crippen molar-refractivity contribution < 1.29 is 4.74 Å². The van der Waals surface area contributed by atoms with Crippen LogP contribution in [0.3, 0.4) is 0 Å². The third-order valence-electron chi connectivity index (χ3n) is 6.28. The van der Waals surface area contributed by atoms with Gasteiger partial charge in [0.25, 0.3) is 0 Å². The van der Waals surface area contributed by atoms with Gasteiger partial charge in [0.1, 0.15) is 5.75 Å². The SMILES string of the molecule is CCCOc1ccccc1-c1ccncc1C(C)C1CCC(CCC)CC1. The molecule has 27 heavy (non-hydrogen) atoms. The number of benzene rings is 1. The van der Waals surface area contributed by atoms with E-state index in [4.69, 9.17) is 4.74 Å². The molecule has 1 aliphatic rings. The van der Waals surface area contributed by atoms with Crippen LogP contribution in [0, 0.1) is 11.8 Å². The number of hydrogen-bond donors (Lipinski definition) is 0. The first kappa shape index (κ1) is 19.9. The first-order valence-corrected chi connectivity index (χ1v) is 10.9. The summed E-state index contributed by atoms with van der Waals surface area (Å²) in [6, 6.07) is 10.6. The van der Waals surface area contributed by atoms with Crippen LogP contribution in [-0.4, -0.2) is 11.6 Å². The van der Waals surface area contributed by atoms with E-state index < -0.39 is 0 Å². The Bertz CT molecular complexity index is 703. The van der Waals surface area contributed by atoms with Gasteiger partial charge in [-0.15, -0.1) is 0 Å². The number of pyridine rings is 1. The Morgan fingerprint density at radius 1 is 1.00 bits per heavy atom. The van der Waals surface area contributed by atoms with Crippen LogP contribution in [-0.2, 0) is 0 Å². The summed E-state index contributed by atoms with van der Waals surface area (Å²) in [5.41, 5.74) is 3.87. The highest BCUT2D eigenvalue weighted by Gasteiger charge is 2.27. The molecule has 1 atom stereocenters. The summed E-state index contributed by atoms with van der Waals surface area (Å²) >= 11 is 0. The van der Waals surface area contributed by atoms with Crippen molar-refractivity contribution in [3.63, 3.8) is 0 Å². The minimum Gasteiger partial charge on any atom is -0.493 e. The molecule has 1 aromatic carbocycles. The van der Waals surface area contributed by atoms with Gasteiger partial charge in [0, 0.05) is 18.0 Å². The Hall–Kier alpha value is -1.83. The van der Waals surface area contributed by atoms with Gasteiger partial charge in [0.05, 0.1) is 6.61 Å². The third-order valence-corrected chi connectivity index (χ3v) is 6.28. The van der Waals surface area contributed by atoms with Crippen LogP contribution in [0.4, 0.5) is 0 Å². The predicted molar refractivity (Wildman–Crippen MR) is 114 cm³/mol. The van der Waals surface area contributed by atoms with E-state index >= 15 is 0 Å². The first-order valence-electron chi connectivity index (χ1n) is 10.9. The Kier molecular flexibility index (Phi) is 7.32. The molecule has 1 heterocycles. The Balaban J connectivity index is 1.83. The van der Waals surface area contributed by atoms with E-state index in [1.54, 1.807) is 0 Å². The number of hydrogen-bond acceptors (Lipinski definition) is 2. The molecule has 1 aromatic heterocycles. The maximum atomic E-state index is 6.04. The van der Waals surface area contributed by atoms with Crippen molar-refractivity contribution in [1.82, 2.24) is 4.98 Å².